The van der Waals surface area contributed by atoms with Gasteiger partial charge in [-0.2, -0.15) is 17.9 Å². The Morgan fingerprint density at radius 2 is 1.64 bits per heavy atom. The van der Waals surface area contributed by atoms with Crippen LogP contribution < -0.4 is 0 Å². The summed E-state index contributed by atoms with van der Waals surface area (Å²) in [5, 5.41) is 11.5. The lowest BCUT2D eigenvalue weighted by Crippen LogP contribution is -2.12. The molecule has 4 nitrogen and oxygen atoms in total. The predicted octanol–water partition coefficient (Wildman–Crippen LogP) is 4.00. The fourth-order valence-corrected chi connectivity index (χ4v) is 2.15. The van der Waals surface area contributed by atoms with Gasteiger partial charge in [-0.1, -0.05) is 23.7 Å². The molecule has 0 saturated heterocycles. The van der Waals surface area contributed by atoms with E-state index < -0.39 is 11.7 Å². The second kappa shape index (κ2) is 5.42. The van der Waals surface area contributed by atoms with Gasteiger partial charge in [-0.15, -0.1) is 5.10 Å². The van der Waals surface area contributed by atoms with Crippen LogP contribution in [0.4, 0.5) is 13.2 Å². The van der Waals surface area contributed by atoms with Crippen molar-refractivity contribution in [1.82, 2.24) is 20.2 Å². The van der Waals surface area contributed by atoms with Gasteiger partial charge in [-0.05, 0) is 46.8 Å². The summed E-state index contributed by atoms with van der Waals surface area (Å²) in [5.41, 5.74) is -0.381. The maximum absolute atomic E-state index is 13.1. The number of alkyl halides is 3. The quantitative estimate of drug-likeness (QED) is 0.715. The largest absolute Gasteiger partial charge is 0.418 e. The van der Waals surface area contributed by atoms with E-state index in [1.165, 1.54) is 18.2 Å². The van der Waals surface area contributed by atoms with Gasteiger partial charge in [0.1, 0.15) is 0 Å². The molecule has 0 N–H and O–H groups in total. The van der Waals surface area contributed by atoms with Crippen LogP contribution in [0.1, 0.15) is 5.56 Å². The lowest BCUT2D eigenvalue weighted by Gasteiger charge is -2.13. The standard InChI is InChI=1S/C14H8ClF3N4/c15-10-7-5-9(6-8-10)13-19-20-21-22(13)12-4-2-1-3-11(12)14(16,17)18/h1-8H. The summed E-state index contributed by atoms with van der Waals surface area (Å²) in [6.45, 7) is 0. The van der Waals surface area contributed by atoms with Crippen molar-refractivity contribution in [2.24, 2.45) is 0 Å². The smallest absolute Gasteiger partial charge is 0.192 e. The van der Waals surface area contributed by atoms with Crippen LogP contribution in [0.3, 0.4) is 0 Å². The Bertz CT molecular complexity index is 796. The molecule has 0 saturated carbocycles. The van der Waals surface area contributed by atoms with Crippen molar-refractivity contribution < 1.29 is 13.2 Å². The molecule has 2 aromatic carbocycles. The Kier molecular flexibility index (Phi) is 3.58. The van der Waals surface area contributed by atoms with Gasteiger partial charge in [0.25, 0.3) is 0 Å². The van der Waals surface area contributed by atoms with Gasteiger partial charge in [0.05, 0.1) is 11.3 Å². The first-order valence-corrected chi connectivity index (χ1v) is 6.55. The summed E-state index contributed by atoms with van der Waals surface area (Å²) in [5.74, 6) is 0.202. The van der Waals surface area contributed by atoms with Crippen LogP contribution in [0.2, 0.25) is 5.02 Å². The van der Waals surface area contributed by atoms with Crippen molar-refractivity contribution >= 4 is 11.6 Å². The minimum absolute atomic E-state index is 0.134. The van der Waals surface area contributed by atoms with Crippen molar-refractivity contribution in [2.45, 2.75) is 6.18 Å². The number of halogens is 4. The molecule has 3 rings (SSSR count). The third-order valence-corrected chi connectivity index (χ3v) is 3.26. The van der Waals surface area contributed by atoms with E-state index in [-0.39, 0.29) is 11.5 Å². The van der Waals surface area contributed by atoms with Gasteiger partial charge in [0, 0.05) is 10.6 Å². The van der Waals surface area contributed by atoms with Crippen molar-refractivity contribution in [2.75, 3.05) is 0 Å². The number of rotatable bonds is 2. The average molecular weight is 325 g/mol. The predicted molar refractivity (Wildman–Crippen MR) is 74.6 cm³/mol. The van der Waals surface area contributed by atoms with E-state index in [1.807, 2.05) is 0 Å². The van der Waals surface area contributed by atoms with Gasteiger partial charge in [-0.25, -0.2) is 0 Å². The highest BCUT2D eigenvalue weighted by Gasteiger charge is 2.34. The molecule has 0 aliphatic rings. The molecule has 0 atom stereocenters. The van der Waals surface area contributed by atoms with Gasteiger partial charge in [-0.3, -0.25) is 0 Å². The van der Waals surface area contributed by atoms with E-state index >= 15 is 0 Å². The summed E-state index contributed by atoms with van der Waals surface area (Å²) >= 11 is 5.81. The second-order valence-corrected chi connectivity index (χ2v) is 4.87. The zero-order valence-corrected chi connectivity index (χ0v) is 11.7. The summed E-state index contributed by atoms with van der Waals surface area (Å²) in [6.07, 6.45) is -4.50. The molecular weight excluding hydrogens is 317 g/mol. The molecule has 1 aromatic heterocycles. The van der Waals surface area contributed by atoms with Gasteiger partial charge >= 0.3 is 6.18 Å². The third-order valence-electron chi connectivity index (χ3n) is 3.01. The zero-order valence-electron chi connectivity index (χ0n) is 10.9. The normalized spacial score (nSPS) is 11.6. The Labute approximate surface area is 128 Å². The molecule has 0 aliphatic heterocycles. The maximum Gasteiger partial charge on any atom is 0.418 e. The average Bonchev–Trinajstić information content (AvgIpc) is 2.96. The highest BCUT2D eigenvalue weighted by molar-refractivity contribution is 6.30. The van der Waals surface area contributed by atoms with Crippen LogP contribution in [0.15, 0.2) is 48.5 Å². The Balaban J connectivity index is 2.16. The molecule has 8 heteroatoms. The Morgan fingerprint density at radius 3 is 2.32 bits per heavy atom. The van der Waals surface area contributed by atoms with Crippen molar-refractivity contribution in [3.8, 4) is 17.1 Å². The monoisotopic (exact) mass is 324 g/mol. The second-order valence-electron chi connectivity index (χ2n) is 4.44. The first-order chi connectivity index (χ1) is 10.5. The summed E-state index contributed by atoms with van der Waals surface area (Å²) in [6, 6.07) is 11.6. The fraction of sp³-hybridized carbons (Fsp3) is 0.0714. The molecule has 112 valence electrons. The molecule has 0 bridgehead atoms. The Morgan fingerprint density at radius 1 is 0.955 bits per heavy atom. The SMILES string of the molecule is FC(F)(F)c1ccccc1-n1nnnc1-c1ccc(Cl)cc1. The number of nitrogens with zero attached hydrogens (tertiary/aromatic N) is 4. The van der Waals surface area contributed by atoms with Crippen molar-refractivity contribution in [1.29, 1.82) is 0 Å². The molecule has 0 unspecified atom stereocenters. The van der Waals surface area contributed by atoms with Crippen molar-refractivity contribution in [3.05, 3.63) is 59.1 Å². The van der Waals surface area contributed by atoms with Crippen LogP contribution >= 0.6 is 11.6 Å². The van der Waals surface area contributed by atoms with E-state index in [0.717, 1.165) is 10.7 Å². The summed E-state index contributed by atoms with van der Waals surface area (Å²) in [7, 11) is 0. The first-order valence-electron chi connectivity index (χ1n) is 6.18. The van der Waals surface area contributed by atoms with E-state index in [1.54, 1.807) is 24.3 Å². The number of benzene rings is 2. The minimum Gasteiger partial charge on any atom is -0.192 e. The molecule has 0 aliphatic carbocycles. The van der Waals surface area contributed by atoms with Crippen LogP contribution in [0.5, 0.6) is 0 Å². The molecular formula is C14H8ClF3N4. The van der Waals surface area contributed by atoms with Crippen LogP contribution in [-0.4, -0.2) is 20.2 Å². The van der Waals surface area contributed by atoms with E-state index in [4.69, 9.17) is 11.6 Å². The minimum atomic E-state index is -4.50. The molecule has 0 amide bonds. The lowest BCUT2D eigenvalue weighted by atomic mass is 10.1. The Hall–Kier alpha value is -2.41. The number of para-hydroxylation sites is 1. The fourth-order valence-electron chi connectivity index (χ4n) is 2.03. The van der Waals surface area contributed by atoms with Crippen molar-refractivity contribution in [3.63, 3.8) is 0 Å². The van der Waals surface area contributed by atoms with Gasteiger partial charge < -0.3 is 0 Å². The lowest BCUT2D eigenvalue weighted by molar-refractivity contribution is -0.137. The number of aromatic nitrogens is 4. The molecule has 0 radical (unpaired) electrons. The van der Waals surface area contributed by atoms with E-state index in [2.05, 4.69) is 15.5 Å². The zero-order chi connectivity index (χ0) is 15.7. The van der Waals surface area contributed by atoms with Crippen LogP contribution in [-0.2, 0) is 6.18 Å². The highest BCUT2D eigenvalue weighted by Crippen LogP contribution is 2.34. The van der Waals surface area contributed by atoms with Gasteiger partial charge in [0.15, 0.2) is 5.82 Å². The van der Waals surface area contributed by atoms with E-state index in [0.29, 0.717) is 10.6 Å². The van der Waals surface area contributed by atoms with Crippen LogP contribution in [0.25, 0.3) is 17.1 Å². The number of tetrazole rings is 1. The topological polar surface area (TPSA) is 43.6 Å². The molecule has 1 heterocycles. The highest BCUT2D eigenvalue weighted by atomic mass is 35.5. The molecule has 0 spiro atoms. The maximum atomic E-state index is 13.1. The summed E-state index contributed by atoms with van der Waals surface area (Å²) < 4.78 is 40.4. The summed E-state index contributed by atoms with van der Waals surface area (Å²) in [4.78, 5) is 0. The van der Waals surface area contributed by atoms with E-state index in [9.17, 15) is 13.2 Å². The van der Waals surface area contributed by atoms with Crippen LogP contribution in [0, 0.1) is 0 Å². The van der Waals surface area contributed by atoms with Gasteiger partial charge in [0.2, 0.25) is 0 Å². The molecule has 22 heavy (non-hydrogen) atoms. The first kappa shape index (κ1) is 14.5. The molecule has 3 aromatic rings. The molecule has 0 fully saturated rings. The number of hydrogen-bond donors (Lipinski definition) is 0. The third kappa shape index (κ3) is 2.67. The number of hydrogen-bond acceptors (Lipinski definition) is 3.